The van der Waals surface area contributed by atoms with Gasteiger partial charge in [-0.25, -0.2) is 0 Å². The minimum Gasteiger partial charge on any atom is -0.300 e. The number of benzene rings is 1. The minimum atomic E-state index is 0.167. The lowest BCUT2D eigenvalue weighted by molar-refractivity contribution is -0.114. The normalized spacial score (nSPS) is 10.1. The molecule has 0 atom stereocenters. The van der Waals surface area contributed by atoms with Gasteiger partial charge in [0.25, 0.3) is 0 Å². The third kappa shape index (κ3) is 11.9. The highest BCUT2D eigenvalue weighted by molar-refractivity contribution is 5.72. The van der Waals surface area contributed by atoms with E-state index in [0.717, 1.165) is 6.54 Å². The molecule has 1 rings (SSSR count). The third-order valence-corrected chi connectivity index (χ3v) is 2.90. The van der Waals surface area contributed by atoms with E-state index in [-0.39, 0.29) is 5.78 Å². The molecule has 0 saturated carbocycles. The summed E-state index contributed by atoms with van der Waals surface area (Å²) < 4.78 is 0. The van der Waals surface area contributed by atoms with Crippen LogP contribution in [0.15, 0.2) is 30.3 Å². The molecule has 0 radical (unpaired) electrons. The summed E-state index contributed by atoms with van der Waals surface area (Å²) in [5.41, 5.74) is 1.44. The fourth-order valence-electron chi connectivity index (χ4n) is 1.87. The monoisotopic (exact) mass is 277 g/mol. The Bertz CT molecular complexity index is 323. The Labute approximate surface area is 125 Å². The van der Waals surface area contributed by atoms with Gasteiger partial charge in [0.2, 0.25) is 0 Å². The highest BCUT2D eigenvalue weighted by Gasteiger charge is 2.04. The van der Waals surface area contributed by atoms with Crippen LogP contribution in [0.2, 0.25) is 0 Å². The van der Waals surface area contributed by atoms with Crippen molar-refractivity contribution in [3.05, 3.63) is 35.9 Å². The Morgan fingerprint density at radius 1 is 0.950 bits per heavy atom. The molecule has 0 spiro atoms. The van der Waals surface area contributed by atoms with Crippen molar-refractivity contribution in [1.82, 2.24) is 4.90 Å². The molecule has 2 heteroatoms. The second kappa shape index (κ2) is 12.9. The summed E-state index contributed by atoms with van der Waals surface area (Å²) in [6.07, 6.45) is 5.21. The number of ketones is 1. The molecule has 1 aromatic rings. The van der Waals surface area contributed by atoms with Crippen LogP contribution in [0.25, 0.3) is 0 Å². The van der Waals surface area contributed by atoms with Crippen LogP contribution in [0.1, 0.15) is 58.9 Å². The first-order valence-corrected chi connectivity index (χ1v) is 7.83. The van der Waals surface area contributed by atoms with Gasteiger partial charge < -0.3 is 4.79 Å². The Morgan fingerprint density at radius 3 is 1.80 bits per heavy atom. The zero-order valence-electron chi connectivity index (χ0n) is 13.7. The molecule has 0 aliphatic rings. The Balaban J connectivity index is 0.000000796. The van der Waals surface area contributed by atoms with Crippen LogP contribution in [0.5, 0.6) is 0 Å². The molecule has 114 valence electrons. The van der Waals surface area contributed by atoms with Crippen LogP contribution in [-0.2, 0) is 11.3 Å². The molecule has 20 heavy (non-hydrogen) atoms. The average molecular weight is 277 g/mol. The maximum absolute atomic E-state index is 9.44. The van der Waals surface area contributed by atoms with Gasteiger partial charge in [-0.05, 0) is 45.3 Å². The lowest BCUT2D eigenvalue weighted by Crippen LogP contribution is -2.25. The van der Waals surface area contributed by atoms with Gasteiger partial charge in [0.05, 0.1) is 0 Å². The van der Waals surface area contributed by atoms with Gasteiger partial charge in [-0.3, -0.25) is 4.90 Å². The maximum Gasteiger partial charge on any atom is 0.126 e. The number of carbonyl (C=O) groups is 1. The molecular weight excluding hydrogens is 246 g/mol. The van der Waals surface area contributed by atoms with Crippen molar-refractivity contribution in [2.45, 2.75) is 59.9 Å². The molecule has 0 heterocycles. The molecule has 0 unspecified atom stereocenters. The average Bonchev–Trinajstić information content (AvgIpc) is 2.42. The standard InChI is InChI=1S/C15H25N.C3H6O/c1-3-5-12-16(13-6-4-2)14-15-10-8-7-9-11-15;1-3(2)4/h7-11H,3-6,12-14H2,1-2H3;1-2H3. The highest BCUT2D eigenvalue weighted by Crippen LogP contribution is 2.07. The van der Waals surface area contributed by atoms with Crippen molar-refractivity contribution in [2.75, 3.05) is 13.1 Å². The number of unbranched alkanes of at least 4 members (excludes halogenated alkanes) is 2. The number of carbonyl (C=O) groups excluding carboxylic acids is 1. The first kappa shape index (κ1) is 18.9. The Hall–Kier alpha value is -1.15. The van der Waals surface area contributed by atoms with E-state index >= 15 is 0 Å². The maximum atomic E-state index is 9.44. The van der Waals surface area contributed by atoms with Gasteiger partial charge >= 0.3 is 0 Å². The molecule has 0 N–H and O–H groups in total. The SMILES string of the molecule is CC(C)=O.CCCCN(CCCC)Cc1ccccc1. The van der Waals surface area contributed by atoms with Crippen molar-refractivity contribution >= 4 is 5.78 Å². The van der Waals surface area contributed by atoms with E-state index in [4.69, 9.17) is 0 Å². The lowest BCUT2D eigenvalue weighted by Gasteiger charge is -2.21. The molecule has 0 fully saturated rings. The summed E-state index contributed by atoms with van der Waals surface area (Å²) in [5, 5.41) is 0. The van der Waals surface area contributed by atoms with Gasteiger partial charge in [-0.1, -0.05) is 57.0 Å². The second-order valence-electron chi connectivity index (χ2n) is 5.38. The zero-order valence-corrected chi connectivity index (χ0v) is 13.7. The van der Waals surface area contributed by atoms with Gasteiger partial charge in [0, 0.05) is 6.54 Å². The molecule has 2 nitrogen and oxygen atoms in total. The molecule has 0 aliphatic heterocycles. The van der Waals surface area contributed by atoms with Crippen LogP contribution < -0.4 is 0 Å². The topological polar surface area (TPSA) is 20.3 Å². The molecule has 0 bridgehead atoms. The van der Waals surface area contributed by atoms with Gasteiger partial charge in [-0.2, -0.15) is 0 Å². The van der Waals surface area contributed by atoms with E-state index in [9.17, 15) is 4.79 Å². The van der Waals surface area contributed by atoms with Crippen molar-refractivity contribution in [2.24, 2.45) is 0 Å². The van der Waals surface area contributed by atoms with Crippen LogP contribution in [0, 0.1) is 0 Å². The largest absolute Gasteiger partial charge is 0.300 e. The fraction of sp³-hybridized carbons (Fsp3) is 0.611. The molecule has 0 saturated heterocycles. The van der Waals surface area contributed by atoms with Crippen LogP contribution in [0.3, 0.4) is 0 Å². The van der Waals surface area contributed by atoms with Crippen molar-refractivity contribution in [1.29, 1.82) is 0 Å². The number of rotatable bonds is 8. The number of hydrogen-bond donors (Lipinski definition) is 0. The first-order valence-electron chi connectivity index (χ1n) is 7.83. The van der Waals surface area contributed by atoms with Crippen molar-refractivity contribution in [3.63, 3.8) is 0 Å². The predicted molar refractivity (Wildman–Crippen MR) is 87.9 cm³/mol. The summed E-state index contributed by atoms with van der Waals surface area (Å²) in [6, 6.07) is 10.8. The van der Waals surface area contributed by atoms with E-state index in [2.05, 4.69) is 49.1 Å². The van der Waals surface area contributed by atoms with Gasteiger partial charge in [0.15, 0.2) is 0 Å². The smallest absolute Gasteiger partial charge is 0.126 e. The highest BCUT2D eigenvalue weighted by atomic mass is 16.1. The van der Waals surface area contributed by atoms with Crippen molar-refractivity contribution in [3.8, 4) is 0 Å². The summed E-state index contributed by atoms with van der Waals surface area (Å²) >= 11 is 0. The number of nitrogens with zero attached hydrogens (tertiary/aromatic N) is 1. The zero-order chi connectivity index (χ0) is 15.2. The third-order valence-electron chi connectivity index (χ3n) is 2.90. The molecule has 0 amide bonds. The summed E-state index contributed by atoms with van der Waals surface area (Å²) in [5.74, 6) is 0.167. The Kier molecular flexibility index (Phi) is 12.1. The quantitative estimate of drug-likeness (QED) is 0.687. The molecular formula is C18H31NO. The predicted octanol–water partition coefficient (Wildman–Crippen LogP) is 4.68. The van der Waals surface area contributed by atoms with E-state index < -0.39 is 0 Å². The number of hydrogen-bond acceptors (Lipinski definition) is 2. The summed E-state index contributed by atoms with van der Waals surface area (Å²) in [6.45, 7) is 11.2. The van der Waals surface area contributed by atoms with Gasteiger partial charge in [0.1, 0.15) is 5.78 Å². The molecule has 0 aliphatic carbocycles. The van der Waals surface area contributed by atoms with E-state index in [0.29, 0.717) is 0 Å². The first-order chi connectivity index (χ1) is 9.60. The fourth-order valence-corrected chi connectivity index (χ4v) is 1.87. The summed E-state index contributed by atoms with van der Waals surface area (Å²) in [7, 11) is 0. The lowest BCUT2D eigenvalue weighted by atomic mass is 10.2. The van der Waals surface area contributed by atoms with Crippen LogP contribution in [0.4, 0.5) is 0 Å². The summed E-state index contributed by atoms with van der Waals surface area (Å²) in [4.78, 5) is 12.0. The minimum absolute atomic E-state index is 0.167. The Morgan fingerprint density at radius 2 is 1.40 bits per heavy atom. The molecule has 1 aromatic carbocycles. The van der Waals surface area contributed by atoms with E-state index in [1.165, 1.54) is 58.2 Å². The van der Waals surface area contributed by atoms with Crippen LogP contribution >= 0.6 is 0 Å². The second-order valence-corrected chi connectivity index (χ2v) is 5.38. The van der Waals surface area contributed by atoms with Gasteiger partial charge in [-0.15, -0.1) is 0 Å². The van der Waals surface area contributed by atoms with E-state index in [1.807, 2.05) is 0 Å². The van der Waals surface area contributed by atoms with E-state index in [1.54, 1.807) is 0 Å². The van der Waals surface area contributed by atoms with Crippen molar-refractivity contribution < 1.29 is 4.79 Å². The van der Waals surface area contributed by atoms with Crippen LogP contribution in [-0.4, -0.2) is 23.8 Å². The molecule has 0 aromatic heterocycles. The number of Topliss-reactive ketones (excluding diaryl/α,β-unsaturated/α-hetero) is 1.